The van der Waals surface area contributed by atoms with E-state index in [1.165, 1.54) is 4.31 Å². The molecular weight excluding hydrogens is 426 g/mol. The third-order valence-electron chi connectivity index (χ3n) is 5.69. The molecule has 168 valence electrons. The molecule has 1 aromatic carbocycles. The van der Waals surface area contributed by atoms with Crippen LogP contribution in [0.3, 0.4) is 0 Å². The Labute approximate surface area is 185 Å². The number of benzene rings is 1. The van der Waals surface area contributed by atoms with Crippen LogP contribution in [0.5, 0.6) is 0 Å². The standard InChI is InChI=1S/C21H32ClN3O4S/c1-17(2)12-20-15-24(11-10-23(20)14-18-6-5-7-19(22)13-18)21(26)16-29-30(27,28)25-8-3-4-9-25/h5-7,13,17,20H,3-4,8-12,14-16H2,1-2H3/t20-/m1/s1. The van der Waals surface area contributed by atoms with E-state index in [0.29, 0.717) is 32.1 Å². The summed E-state index contributed by atoms with van der Waals surface area (Å²) in [6.45, 7) is 7.49. The summed E-state index contributed by atoms with van der Waals surface area (Å²) in [5, 5.41) is 0.720. The van der Waals surface area contributed by atoms with Crippen molar-refractivity contribution < 1.29 is 17.4 Å². The highest BCUT2D eigenvalue weighted by Crippen LogP contribution is 2.22. The van der Waals surface area contributed by atoms with Gasteiger partial charge >= 0.3 is 10.3 Å². The van der Waals surface area contributed by atoms with Gasteiger partial charge in [-0.15, -0.1) is 0 Å². The highest BCUT2D eigenvalue weighted by molar-refractivity contribution is 7.84. The number of nitrogens with zero attached hydrogens (tertiary/aromatic N) is 3. The number of hydrogen-bond donors (Lipinski definition) is 0. The van der Waals surface area contributed by atoms with Gasteiger partial charge in [0.2, 0.25) is 5.91 Å². The molecule has 0 bridgehead atoms. The predicted molar refractivity (Wildman–Crippen MR) is 117 cm³/mol. The maximum Gasteiger partial charge on any atom is 0.338 e. The fraction of sp³-hybridized carbons (Fsp3) is 0.667. The largest absolute Gasteiger partial charge is 0.338 e. The third kappa shape index (κ3) is 6.40. The Hall–Kier alpha value is -1.19. The van der Waals surface area contributed by atoms with Crippen LogP contribution in [-0.4, -0.2) is 73.8 Å². The number of halogens is 1. The van der Waals surface area contributed by atoms with Crippen molar-refractivity contribution in [3.8, 4) is 0 Å². The first-order valence-electron chi connectivity index (χ1n) is 10.7. The van der Waals surface area contributed by atoms with E-state index in [0.717, 1.165) is 42.9 Å². The van der Waals surface area contributed by atoms with Crippen molar-refractivity contribution in [2.75, 3.05) is 39.3 Å². The summed E-state index contributed by atoms with van der Waals surface area (Å²) in [7, 11) is -3.82. The van der Waals surface area contributed by atoms with E-state index < -0.39 is 16.9 Å². The van der Waals surface area contributed by atoms with E-state index in [2.05, 4.69) is 24.8 Å². The zero-order valence-corrected chi connectivity index (χ0v) is 19.4. The van der Waals surface area contributed by atoms with Gasteiger partial charge in [-0.2, -0.15) is 12.7 Å². The van der Waals surface area contributed by atoms with Crippen molar-refractivity contribution in [3.05, 3.63) is 34.9 Å². The highest BCUT2D eigenvalue weighted by Gasteiger charge is 2.32. The Balaban J connectivity index is 1.58. The van der Waals surface area contributed by atoms with Crippen molar-refractivity contribution >= 4 is 27.8 Å². The van der Waals surface area contributed by atoms with Crippen molar-refractivity contribution in [2.45, 2.75) is 45.7 Å². The molecule has 1 amide bonds. The van der Waals surface area contributed by atoms with Crippen LogP contribution in [0.4, 0.5) is 0 Å². The van der Waals surface area contributed by atoms with Crippen molar-refractivity contribution in [2.24, 2.45) is 5.92 Å². The molecule has 0 radical (unpaired) electrons. The fourth-order valence-electron chi connectivity index (χ4n) is 4.17. The van der Waals surface area contributed by atoms with E-state index in [-0.39, 0.29) is 11.9 Å². The van der Waals surface area contributed by atoms with Crippen LogP contribution in [0.25, 0.3) is 0 Å². The molecular formula is C21H32ClN3O4S. The van der Waals surface area contributed by atoms with Crippen LogP contribution < -0.4 is 0 Å². The molecule has 9 heteroatoms. The van der Waals surface area contributed by atoms with Gasteiger partial charge in [-0.05, 0) is 42.9 Å². The summed E-state index contributed by atoms with van der Waals surface area (Å²) in [4.78, 5) is 16.8. The zero-order chi connectivity index (χ0) is 21.7. The van der Waals surface area contributed by atoms with Gasteiger partial charge in [0, 0.05) is 50.3 Å². The second-order valence-corrected chi connectivity index (χ2v) is 10.6. The number of piperazine rings is 1. The number of hydrogen-bond acceptors (Lipinski definition) is 5. The molecule has 1 aromatic rings. The second kappa shape index (κ2) is 10.4. The first-order valence-corrected chi connectivity index (χ1v) is 12.4. The summed E-state index contributed by atoms with van der Waals surface area (Å²) < 4.78 is 30.8. The average molecular weight is 458 g/mol. The zero-order valence-electron chi connectivity index (χ0n) is 17.8. The summed E-state index contributed by atoms with van der Waals surface area (Å²) in [6.07, 6.45) is 2.63. The average Bonchev–Trinajstić information content (AvgIpc) is 3.23. The summed E-state index contributed by atoms with van der Waals surface area (Å²) in [5.41, 5.74) is 1.15. The van der Waals surface area contributed by atoms with Gasteiger partial charge in [0.25, 0.3) is 0 Å². The van der Waals surface area contributed by atoms with Gasteiger partial charge in [0.15, 0.2) is 0 Å². The lowest BCUT2D eigenvalue weighted by atomic mass is 9.99. The first kappa shape index (κ1) is 23.5. The molecule has 30 heavy (non-hydrogen) atoms. The van der Waals surface area contributed by atoms with E-state index >= 15 is 0 Å². The number of rotatable bonds is 8. The Morgan fingerprint density at radius 3 is 2.60 bits per heavy atom. The lowest BCUT2D eigenvalue weighted by Gasteiger charge is -2.42. The number of carbonyl (C=O) groups is 1. The Morgan fingerprint density at radius 2 is 1.93 bits per heavy atom. The van der Waals surface area contributed by atoms with Gasteiger partial charge < -0.3 is 4.90 Å². The van der Waals surface area contributed by atoms with Gasteiger partial charge in [0.1, 0.15) is 6.61 Å². The number of amides is 1. The van der Waals surface area contributed by atoms with Crippen LogP contribution in [0.1, 0.15) is 38.7 Å². The maximum atomic E-state index is 12.7. The highest BCUT2D eigenvalue weighted by atomic mass is 35.5. The molecule has 0 saturated carbocycles. The first-order chi connectivity index (χ1) is 14.2. The van der Waals surface area contributed by atoms with Gasteiger partial charge in [-0.1, -0.05) is 37.6 Å². The molecule has 2 fully saturated rings. The van der Waals surface area contributed by atoms with Crippen molar-refractivity contribution in [1.82, 2.24) is 14.1 Å². The quantitative estimate of drug-likeness (QED) is 0.600. The lowest BCUT2D eigenvalue weighted by Crippen LogP contribution is -2.55. The molecule has 0 aliphatic carbocycles. The molecule has 0 aromatic heterocycles. The minimum Gasteiger partial charge on any atom is -0.338 e. The van der Waals surface area contributed by atoms with Crippen LogP contribution in [-0.2, 0) is 25.8 Å². The molecule has 0 N–H and O–H groups in total. The van der Waals surface area contributed by atoms with E-state index in [9.17, 15) is 13.2 Å². The van der Waals surface area contributed by atoms with E-state index in [4.69, 9.17) is 15.8 Å². The van der Waals surface area contributed by atoms with Crippen LogP contribution in [0.2, 0.25) is 5.02 Å². The van der Waals surface area contributed by atoms with Crippen molar-refractivity contribution in [3.63, 3.8) is 0 Å². The van der Waals surface area contributed by atoms with Crippen molar-refractivity contribution in [1.29, 1.82) is 0 Å². The molecule has 7 nitrogen and oxygen atoms in total. The molecule has 2 aliphatic rings. The fourth-order valence-corrected chi connectivity index (χ4v) is 5.48. The summed E-state index contributed by atoms with van der Waals surface area (Å²) in [5.74, 6) is 0.215. The predicted octanol–water partition coefficient (Wildman–Crippen LogP) is 2.76. The summed E-state index contributed by atoms with van der Waals surface area (Å²) in [6, 6.07) is 8.06. The van der Waals surface area contributed by atoms with Gasteiger partial charge in [-0.3, -0.25) is 9.69 Å². The Kier molecular flexibility index (Phi) is 8.15. The molecule has 1 atom stereocenters. The van der Waals surface area contributed by atoms with E-state index in [1.54, 1.807) is 4.90 Å². The van der Waals surface area contributed by atoms with Crippen LogP contribution in [0.15, 0.2) is 24.3 Å². The molecule has 0 unspecified atom stereocenters. The molecule has 3 rings (SSSR count). The van der Waals surface area contributed by atoms with Crippen LogP contribution >= 0.6 is 11.6 Å². The normalized spacial score (nSPS) is 21.5. The molecule has 0 spiro atoms. The third-order valence-corrected chi connectivity index (χ3v) is 7.34. The molecule has 2 saturated heterocycles. The minimum atomic E-state index is -3.82. The van der Waals surface area contributed by atoms with Gasteiger partial charge in [0.05, 0.1) is 0 Å². The summed E-state index contributed by atoms with van der Waals surface area (Å²) >= 11 is 6.13. The topological polar surface area (TPSA) is 70.2 Å². The van der Waals surface area contributed by atoms with Gasteiger partial charge in [-0.25, -0.2) is 4.18 Å². The Bertz CT molecular complexity index is 827. The monoisotopic (exact) mass is 457 g/mol. The minimum absolute atomic E-state index is 0.205. The van der Waals surface area contributed by atoms with E-state index in [1.807, 2.05) is 18.2 Å². The molecule has 2 aliphatic heterocycles. The second-order valence-electron chi connectivity index (χ2n) is 8.55. The maximum absolute atomic E-state index is 12.7. The lowest BCUT2D eigenvalue weighted by molar-refractivity contribution is -0.136. The Morgan fingerprint density at radius 1 is 1.20 bits per heavy atom. The SMILES string of the molecule is CC(C)C[C@@H]1CN(C(=O)COS(=O)(=O)N2CCCC2)CCN1Cc1cccc(Cl)c1. The molecule has 2 heterocycles. The smallest absolute Gasteiger partial charge is 0.338 e. The number of carbonyl (C=O) groups excluding carboxylic acids is 1. The van der Waals surface area contributed by atoms with Crippen LogP contribution in [0, 0.1) is 5.92 Å².